The van der Waals surface area contributed by atoms with Gasteiger partial charge in [-0.25, -0.2) is 4.98 Å². The molecule has 2 bridgehead atoms. The highest BCUT2D eigenvalue weighted by molar-refractivity contribution is 5.67. The van der Waals surface area contributed by atoms with Crippen molar-refractivity contribution in [1.82, 2.24) is 19.5 Å². The lowest BCUT2D eigenvalue weighted by atomic mass is 9.96. The fourth-order valence-electron chi connectivity index (χ4n) is 5.96. The summed E-state index contributed by atoms with van der Waals surface area (Å²) in [4.78, 5) is 9.94. The molecule has 3 aromatic rings. The van der Waals surface area contributed by atoms with Crippen molar-refractivity contribution in [3.63, 3.8) is 0 Å². The van der Waals surface area contributed by atoms with Crippen LogP contribution in [0.5, 0.6) is 0 Å². The summed E-state index contributed by atoms with van der Waals surface area (Å²) in [6, 6.07) is 9.15. The van der Waals surface area contributed by atoms with Gasteiger partial charge in [0, 0.05) is 49.6 Å². The molecule has 192 valence electrons. The molecule has 0 amide bonds. The monoisotopic (exact) mass is 486 g/mol. The van der Waals surface area contributed by atoms with Gasteiger partial charge in [0.25, 0.3) is 0 Å². The van der Waals surface area contributed by atoms with Crippen LogP contribution in [-0.4, -0.2) is 46.2 Å². The molecule has 2 atom stereocenters. The Labute approximate surface area is 216 Å². The Morgan fingerprint density at radius 1 is 1.14 bits per heavy atom. The highest BCUT2D eigenvalue weighted by Crippen LogP contribution is 2.35. The first-order valence-corrected chi connectivity index (χ1v) is 13.8. The predicted molar refractivity (Wildman–Crippen MR) is 151 cm³/mol. The molecule has 2 aromatic heterocycles. The van der Waals surface area contributed by atoms with Crippen LogP contribution >= 0.6 is 0 Å². The Kier molecular flexibility index (Phi) is 6.96. The lowest BCUT2D eigenvalue weighted by Crippen LogP contribution is -2.24. The molecule has 5 rings (SSSR count). The van der Waals surface area contributed by atoms with Crippen LogP contribution in [-0.2, 0) is 6.42 Å². The smallest absolute Gasteiger partial charge is 0.160 e. The largest absolute Gasteiger partial charge is 0.370 e. The van der Waals surface area contributed by atoms with E-state index in [1.54, 1.807) is 0 Å². The Morgan fingerprint density at radius 3 is 2.72 bits per heavy atom. The van der Waals surface area contributed by atoms with E-state index in [2.05, 4.69) is 80.7 Å². The lowest BCUT2D eigenvalue weighted by molar-refractivity contribution is 0.339. The molecule has 1 saturated heterocycles. The summed E-state index contributed by atoms with van der Waals surface area (Å²) in [6.45, 7) is 16.6. The maximum atomic E-state index is 5.16. The normalized spacial score (nSPS) is 21.4. The van der Waals surface area contributed by atoms with Crippen LogP contribution in [0, 0.1) is 19.8 Å². The van der Waals surface area contributed by atoms with Crippen molar-refractivity contribution in [2.45, 2.75) is 72.3 Å². The Morgan fingerprint density at radius 2 is 1.97 bits per heavy atom. The van der Waals surface area contributed by atoms with E-state index in [1.165, 1.54) is 41.5 Å². The van der Waals surface area contributed by atoms with E-state index in [0.717, 1.165) is 67.6 Å². The predicted octanol–water partition coefficient (Wildman–Crippen LogP) is 6.38. The third kappa shape index (κ3) is 4.58. The van der Waals surface area contributed by atoms with Crippen LogP contribution in [0.3, 0.4) is 0 Å². The van der Waals surface area contributed by atoms with Crippen LogP contribution in [0.2, 0.25) is 0 Å². The van der Waals surface area contributed by atoms with Gasteiger partial charge in [0.2, 0.25) is 0 Å². The van der Waals surface area contributed by atoms with Crippen molar-refractivity contribution in [2.75, 3.05) is 36.9 Å². The molecule has 2 aliphatic rings. The number of anilines is 2. The van der Waals surface area contributed by atoms with Gasteiger partial charge >= 0.3 is 0 Å². The van der Waals surface area contributed by atoms with Crippen LogP contribution in [0.25, 0.3) is 11.3 Å². The molecule has 1 aromatic carbocycles. The van der Waals surface area contributed by atoms with E-state index >= 15 is 0 Å². The minimum absolute atomic E-state index is 0.126. The molecule has 0 aliphatic carbocycles. The third-order valence-corrected chi connectivity index (χ3v) is 8.17. The van der Waals surface area contributed by atoms with Crippen molar-refractivity contribution >= 4 is 23.0 Å². The van der Waals surface area contributed by atoms with E-state index in [4.69, 9.17) is 10.1 Å². The molecule has 2 aliphatic heterocycles. The molecule has 6 heteroatoms. The number of nitrogens with one attached hydrogen (secondary N) is 1. The molecule has 6 nitrogen and oxygen atoms in total. The quantitative estimate of drug-likeness (QED) is 0.455. The van der Waals surface area contributed by atoms with Gasteiger partial charge in [-0.3, -0.25) is 0 Å². The summed E-state index contributed by atoms with van der Waals surface area (Å²) < 4.78 is 2.05. The second kappa shape index (κ2) is 10.2. The van der Waals surface area contributed by atoms with E-state index in [0.29, 0.717) is 5.92 Å². The number of aromatic nitrogens is 3. The number of nitrogens with zero attached hydrogens (tertiary/aromatic N) is 5. The minimum Gasteiger partial charge on any atom is -0.370 e. The maximum Gasteiger partial charge on any atom is 0.160 e. The van der Waals surface area contributed by atoms with E-state index in [9.17, 15) is 0 Å². The molecule has 4 heterocycles. The number of rotatable bonds is 2. The maximum absolute atomic E-state index is 5.16. The summed E-state index contributed by atoms with van der Waals surface area (Å²) >= 11 is 0. The summed E-state index contributed by atoms with van der Waals surface area (Å²) in [6.07, 6.45) is 6.76. The van der Waals surface area contributed by atoms with Crippen LogP contribution in [0.1, 0.15) is 79.9 Å². The fraction of sp³-hybridized carbons (Fsp3) is 0.533. The van der Waals surface area contributed by atoms with Crippen LogP contribution < -0.4 is 10.2 Å². The molecule has 1 unspecified atom stereocenters. The number of aryl methyl sites for hydroxylation is 2. The van der Waals surface area contributed by atoms with Crippen LogP contribution in [0.4, 0.5) is 11.6 Å². The summed E-state index contributed by atoms with van der Waals surface area (Å²) in [5.74, 6) is 2.91. The first-order chi connectivity index (χ1) is 17.4. The summed E-state index contributed by atoms with van der Waals surface area (Å²) in [7, 11) is 2.17. The first kappa shape index (κ1) is 24.7. The van der Waals surface area contributed by atoms with E-state index < -0.39 is 0 Å². The Balaban J connectivity index is 1.61. The summed E-state index contributed by atoms with van der Waals surface area (Å²) in [5.41, 5.74) is 8.19. The standard InChI is InChI=1S/C30H42N6/c1-7-27-26-18-28-32-30(35-16-14-21(3)19-35)22(4)29(36(28)33-26)31-15-10-8-9-11-24-13-12-20(2)17-25(24)23(5)34(27)6/h12-13,17-18,21,27,31H,5,7-11,14-16,19H2,1-4,6H3/t21-,27?/m0/s1. The fourth-order valence-corrected chi connectivity index (χ4v) is 5.96. The zero-order valence-corrected chi connectivity index (χ0v) is 22.8. The lowest BCUT2D eigenvalue weighted by Gasteiger charge is -2.31. The van der Waals surface area contributed by atoms with Gasteiger partial charge in [0.15, 0.2) is 5.65 Å². The van der Waals surface area contributed by atoms with Gasteiger partial charge in [-0.2, -0.15) is 9.61 Å². The van der Waals surface area contributed by atoms with Gasteiger partial charge in [0.1, 0.15) is 11.6 Å². The molecular formula is C30H42N6. The van der Waals surface area contributed by atoms with Gasteiger partial charge in [-0.1, -0.05) is 44.5 Å². The highest BCUT2D eigenvalue weighted by atomic mass is 15.3. The Bertz CT molecular complexity index is 1260. The Hall–Kier alpha value is -3.02. The minimum atomic E-state index is 0.126. The van der Waals surface area contributed by atoms with E-state index in [-0.39, 0.29) is 6.04 Å². The van der Waals surface area contributed by atoms with Crippen molar-refractivity contribution < 1.29 is 0 Å². The molecule has 36 heavy (non-hydrogen) atoms. The van der Waals surface area contributed by atoms with Crippen molar-refractivity contribution in [2.24, 2.45) is 5.92 Å². The van der Waals surface area contributed by atoms with E-state index in [1.807, 2.05) is 4.52 Å². The zero-order valence-electron chi connectivity index (χ0n) is 22.8. The van der Waals surface area contributed by atoms with Crippen molar-refractivity contribution in [3.8, 4) is 0 Å². The zero-order chi connectivity index (χ0) is 25.4. The van der Waals surface area contributed by atoms with Crippen LogP contribution in [0.15, 0.2) is 30.8 Å². The number of hydrogen-bond acceptors (Lipinski definition) is 5. The van der Waals surface area contributed by atoms with Gasteiger partial charge in [-0.15, -0.1) is 0 Å². The molecule has 0 saturated carbocycles. The second-order valence-electron chi connectivity index (χ2n) is 11.0. The summed E-state index contributed by atoms with van der Waals surface area (Å²) in [5, 5.41) is 8.91. The molecule has 1 N–H and O–H groups in total. The second-order valence-corrected chi connectivity index (χ2v) is 11.0. The molecule has 1 fully saturated rings. The SMILES string of the molecule is C=C1c2cc(C)ccc2CCCCCNc2c(C)c(N3CC[C@H](C)C3)nc3cc(nn23)C(CC)N1C. The third-order valence-electron chi connectivity index (χ3n) is 8.17. The molecule has 0 spiro atoms. The van der Waals surface area contributed by atoms with Crippen molar-refractivity contribution in [1.29, 1.82) is 0 Å². The topological polar surface area (TPSA) is 48.7 Å². The number of benzene rings is 1. The van der Waals surface area contributed by atoms with Gasteiger partial charge in [0.05, 0.1) is 11.7 Å². The molecule has 0 radical (unpaired) electrons. The number of fused-ring (bicyclic) bond motifs is 2. The number of hydrogen-bond donors (Lipinski definition) is 1. The highest BCUT2D eigenvalue weighted by Gasteiger charge is 2.27. The van der Waals surface area contributed by atoms with Crippen molar-refractivity contribution in [3.05, 3.63) is 58.8 Å². The van der Waals surface area contributed by atoms with Gasteiger partial charge < -0.3 is 15.1 Å². The molecular weight excluding hydrogens is 444 g/mol. The average Bonchev–Trinajstić information content (AvgIpc) is 3.48. The average molecular weight is 487 g/mol. The first-order valence-electron chi connectivity index (χ1n) is 13.8. The van der Waals surface area contributed by atoms with Gasteiger partial charge in [-0.05, 0) is 63.5 Å².